The quantitative estimate of drug-likeness (QED) is 0.805. The van der Waals surface area contributed by atoms with Crippen LogP contribution >= 0.6 is 15.9 Å². The highest BCUT2D eigenvalue weighted by molar-refractivity contribution is 9.10. The van der Waals surface area contributed by atoms with Crippen LogP contribution < -0.4 is 4.90 Å². The van der Waals surface area contributed by atoms with Crippen molar-refractivity contribution < 1.29 is 4.74 Å². The van der Waals surface area contributed by atoms with Crippen LogP contribution in [0.3, 0.4) is 0 Å². The number of methoxy groups -OCH3 is 1. The van der Waals surface area contributed by atoms with Crippen LogP contribution in [0.5, 0.6) is 0 Å². The number of anilines is 1. The molecule has 94 valence electrons. The molecule has 0 unspecified atom stereocenters. The molecule has 0 amide bonds. The van der Waals surface area contributed by atoms with Crippen molar-refractivity contribution in [1.82, 2.24) is 0 Å². The fourth-order valence-electron chi connectivity index (χ4n) is 2.08. The van der Waals surface area contributed by atoms with Crippen LogP contribution in [-0.4, -0.2) is 26.8 Å². The molecule has 0 aliphatic carbocycles. The van der Waals surface area contributed by atoms with Crippen LogP contribution in [0.1, 0.15) is 12.0 Å². The SMILES string of the molecule is COCC1=CCN(c2ccc(C#N)cc2Br)CC1. The summed E-state index contributed by atoms with van der Waals surface area (Å²) in [6.45, 7) is 2.60. The van der Waals surface area contributed by atoms with Crippen molar-refractivity contribution in [3.05, 3.63) is 39.9 Å². The first kappa shape index (κ1) is 13.1. The molecule has 1 aromatic carbocycles. The Balaban J connectivity index is 2.13. The molecule has 1 aliphatic heterocycles. The van der Waals surface area contributed by atoms with E-state index in [1.807, 2.05) is 18.2 Å². The van der Waals surface area contributed by atoms with Crippen molar-refractivity contribution >= 4 is 21.6 Å². The fourth-order valence-corrected chi connectivity index (χ4v) is 2.71. The minimum absolute atomic E-state index is 0.679. The maximum atomic E-state index is 8.85. The van der Waals surface area contributed by atoms with Gasteiger partial charge in [-0.05, 0) is 46.1 Å². The van der Waals surface area contributed by atoms with Crippen LogP contribution in [0, 0.1) is 11.3 Å². The van der Waals surface area contributed by atoms with Gasteiger partial charge in [-0.1, -0.05) is 6.08 Å². The van der Waals surface area contributed by atoms with Gasteiger partial charge in [0.1, 0.15) is 0 Å². The van der Waals surface area contributed by atoms with Gasteiger partial charge in [0.25, 0.3) is 0 Å². The molecule has 0 aromatic heterocycles. The molecule has 0 fully saturated rings. The second-order valence-electron chi connectivity index (χ2n) is 4.27. The summed E-state index contributed by atoms with van der Waals surface area (Å²) in [6.07, 6.45) is 3.25. The average Bonchev–Trinajstić information content (AvgIpc) is 2.40. The Morgan fingerprint density at radius 1 is 1.50 bits per heavy atom. The lowest BCUT2D eigenvalue weighted by Crippen LogP contribution is -2.29. The standard InChI is InChI=1S/C14H15BrN2O/c1-18-10-11-4-6-17(7-5-11)14-3-2-12(9-16)8-13(14)15/h2-4,8H,5-7,10H2,1H3. The number of halogens is 1. The average molecular weight is 307 g/mol. The van der Waals surface area contributed by atoms with Gasteiger partial charge in [-0.2, -0.15) is 5.26 Å². The summed E-state index contributed by atoms with van der Waals surface area (Å²) in [4.78, 5) is 2.30. The zero-order valence-electron chi connectivity index (χ0n) is 10.3. The lowest BCUT2D eigenvalue weighted by atomic mass is 10.1. The first-order valence-electron chi connectivity index (χ1n) is 5.86. The Bertz CT molecular complexity index is 505. The minimum Gasteiger partial charge on any atom is -0.380 e. The summed E-state index contributed by atoms with van der Waals surface area (Å²) in [5.74, 6) is 0. The third-order valence-corrected chi connectivity index (χ3v) is 3.69. The van der Waals surface area contributed by atoms with Crippen molar-refractivity contribution in [1.29, 1.82) is 5.26 Å². The number of ether oxygens (including phenoxy) is 1. The number of rotatable bonds is 3. The van der Waals surface area contributed by atoms with Crippen LogP contribution in [0.4, 0.5) is 5.69 Å². The van der Waals surface area contributed by atoms with Crippen molar-refractivity contribution in [3.8, 4) is 6.07 Å². The van der Waals surface area contributed by atoms with E-state index in [1.54, 1.807) is 7.11 Å². The summed E-state index contributed by atoms with van der Waals surface area (Å²) in [5, 5.41) is 8.85. The Morgan fingerprint density at radius 3 is 2.89 bits per heavy atom. The van der Waals surface area contributed by atoms with Gasteiger partial charge in [0.05, 0.1) is 23.9 Å². The zero-order chi connectivity index (χ0) is 13.0. The van der Waals surface area contributed by atoms with E-state index in [4.69, 9.17) is 10.00 Å². The van der Waals surface area contributed by atoms with Crippen LogP contribution in [0.2, 0.25) is 0 Å². The summed E-state index contributed by atoms with van der Waals surface area (Å²) in [7, 11) is 1.73. The summed E-state index contributed by atoms with van der Waals surface area (Å²) < 4.78 is 6.12. The maximum absolute atomic E-state index is 8.85. The summed E-state index contributed by atoms with van der Waals surface area (Å²) in [6, 6.07) is 7.86. The molecule has 4 heteroatoms. The van der Waals surface area contributed by atoms with Gasteiger partial charge in [-0.25, -0.2) is 0 Å². The van der Waals surface area contributed by atoms with E-state index in [0.29, 0.717) is 5.56 Å². The van der Waals surface area contributed by atoms with E-state index in [0.717, 1.165) is 36.3 Å². The number of nitrogens with zero attached hydrogens (tertiary/aromatic N) is 2. The van der Waals surface area contributed by atoms with Gasteiger partial charge in [0.15, 0.2) is 0 Å². The van der Waals surface area contributed by atoms with E-state index in [1.165, 1.54) is 5.57 Å². The van der Waals surface area contributed by atoms with Crippen molar-refractivity contribution in [2.45, 2.75) is 6.42 Å². The molecule has 0 saturated heterocycles. The van der Waals surface area contributed by atoms with Gasteiger partial charge in [0, 0.05) is 24.7 Å². The largest absolute Gasteiger partial charge is 0.380 e. The third kappa shape index (κ3) is 2.92. The topological polar surface area (TPSA) is 36.3 Å². The summed E-state index contributed by atoms with van der Waals surface area (Å²) >= 11 is 3.53. The molecule has 0 radical (unpaired) electrons. The molecule has 1 aliphatic rings. The third-order valence-electron chi connectivity index (χ3n) is 3.05. The van der Waals surface area contributed by atoms with E-state index in [-0.39, 0.29) is 0 Å². The molecule has 1 heterocycles. The Labute approximate surface area is 116 Å². The molecule has 1 aromatic rings. The fraction of sp³-hybridized carbons (Fsp3) is 0.357. The van der Waals surface area contributed by atoms with Crippen LogP contribution in [0.15, 0.2) is 34.3 Å². The molecule has 18 heavy (non-hydrogen) atoms. The highest BCUT2D eigenvalue weighted by Crippen LogP contribution is 2.29. The smallest absolute Gasteiger partial charge is 0.0992 e. The lowest BCUT2D eigenvalue weighted by Gasteiger charge is -2.29. The zero-order valence-corrected chi connectivity index (χ0v) is 11.9. The predicted octanol–water partition coefficient (Wildman–Crippen LogP) is 3.10. The Hall–Kier alpha value is -1.31. The minimum atomic E-state index is 0.679. The molecule has 0 spiro atoms. The first-order chi connectivity index (χ1) is 8.74. The highest BCUT2D eigenvalue weighted by atomic mass is 79.9. The molecule has 0 saturated carbocycles. The van der Waals surface area contributed by atoms with Gasteiger partial charge in [-0.3, -0.25) is 0 Å². The Kier molecular flexibility index (Phi) is 4.40. The van der Waals surface area contributed by atoms with E-state index < -0.39 is 0 Å². The van der Waals surface area contributed by atoms with Gasteiger partial charge in [0.2, 0.25) is 0 Å². The monoisotopic (exact) mass is 306 g/mol. The second kappa shape index (κ2) is 6.03. The summed E-state index contributed by atoms with van der Waals surface area (Å²) in [5.41, 5.74) is 3.18. The van der Waals surface area contributed by atoms with Crippen molar-refractivity contribution in [2.24, 2.45) is 0 Å². The van der Waals surface area contributed by atoms with E-state index in [2.05, 4.69) is 33.0 Å². The predicted molar refractivity (Wildman–Crippen MR) is 75.6 cm³/mol. The lowest BCUT2D eigenvalue weighted by molar-refractivity contribution is 0.222. The van der Waals surface area contributed by atoms with E-state index >= 15 is 0 Å². The molecular weight excluding hydrogens is 292 g/mol. The van der Waals surface area contributed by atoms with Gasteiger partial charge >= 0.3 is 0 Å². The number of benzene rings is 1. The molecule has 3 nitrogen and oxygen atoms in total. The maximum Gasteiger partial charge on any atom is 0.0992 e. The highest BCUT2D eigenvalue weighted by Gasteiger charge is 2.14. The van der Waals surface area contributed by atoms with Gasteiger partial charge in [-0.15, -0.1) is 0 Å². The van der Waals surface area contributed by atoms with Crippen LogP contribution in [-0.2, 0) is 4.74 Å². The van der Waals surface area contributed by atoms with Crippen LogP contribution in [0.25, 0.3) is 0 Å². The van der Waals surface area contributed by atoms with Gasteiger partial charge < -0.3 is 9.64 Å². The first-order valence-corrected chi connectivity index (χ1v) is 6.65. The molecule has 0 N–H and O–H groups in total. The number of hydrogen-bond acceptors (Lipinski definition) is 3. The number of nitriles is 1. The number of hydrogen-bond donors (Lipinski definition) is 0. The molecular formula is C14H15BrN2O. The Morgan fingerprint density at radius 2 is 2.33 bits per heavy atom. The molecule has 2 rings (SSSR count). The van der Waals surface area contributed by atoms with E-state index in [9.17, 15) is 0 Å². The normalized spacial score (nSPS) is 15.2. The van der Waals surface area contributed by atoms with Crippen molar-refractivity contribution in [2.75, 3.05) is 31.7 Å². The molecule has 0 bridgehead atoms. The second-order valence-corrected chi connectivity index (χ2v) is 5.12. The molecule has 0 atom stereocenters. The van der Waals surface area contributed by atoms with Crippen molar-refractivity contribution in [3.63, 3.8) is 0 Å².